The fourth-order valence-corrected chi connectivity index (χ4v) is 0.885. The summed E-state index contributed by atoms with van der Waals surface area (Å²) in [5.41, 5.74) is 2.09. The molecule has 1 aliphatic rings. The molecule has 0 saturated heterocycles. The summed E-state index contributed by atoms with van der Waals surface area (Å²) in [5.74, 6) is 0. The molecule has 0 spiro atoms. The van der Waals surface area contributed by atoms with Crippen LogP contribution in [0.4, 0.5) is 0 Å². The highest BCUT2D eigenvalue weighted by Crippen LogP contribution is 2.03. The number of nitrogens with zero attached hydrogens (tertiary/aromatic N) is 2. The zero-order valence-electron chi connectivity index (χ0n) is 5.28. The van der Waals surface area contributed by atoms with Crippen LogP contribution in [0.5, 0.6) is 0 Å². The van der Waals surface area contributed by atoms with Crippen LogP contribution in [0.25, 0.3) is 0 Å². The van der Waals surface area contributed by atoms with E-state index in [2.05, 4.69) is 16.4 Å². The third-order valence-corrected chi connectivity index (χ3v) is 1.39. The second-order valence-corrected chi connectivity index (χ2v) is 2.04. The fourth-order valence-electron chi connectivity index (χ4n) is 0.885. The highest BCUT2D eigenvalue weighted by Gasteiger charge is 2.06. The van der Waals surface area contributed by atoms with Crippen molar-refractivity contribution in [3.8, 4) is 0 Å². The Balaban J connectivity index is 2.65. The lowest BCUT2D eigenvalue weighted by Gasteiger charge is -1.92. The van der Waals surface area contributed by atoms with Crippen LogP contribution in [0.2, 0.25) is 0 Å². The van der Waals surface area contributed by atoms with Crippen molar-refractivity contribution >= 4 is 12.4 Å². The molecule has 0 amide bonds. The molecule has 10 heavy (non-hydrogen) atoms. The Hall–Kier alpha value is -1.44. The molecule has 0 fully saturated rings. The molecule has 0 aliphatic carbocycles. The molecule has 2 radical (unpaired) electrons. The van der Waals surface area contributed by atoms with Gasteiger partial charge in [0.15, 0.2) is 6.21 Å². The highest BCUT2D eigenvalue weighted by atomic mass is 15.2. The molecular formula is C8H5N2+. The first-order chi connectivity index (χ1) is 4.97. The van der Waals surface area contributed by atoms with Gasteiger partial charge in [0.1, 0.15) is 0 Å². The van der Waals surface area contributed by atoms with Gasteiger partial charge in [-0.15, -0.1) is 0 Å². The molecular weight excluding hydrogens is 124 g/mol. The minimum absolute atomic E-state index is 1.01. The Labute approximate surface area is 58.9 Å². The van der Waals surface area contributed by atoms with Crippen molar-refractivity contribution in [3.05, 3.63) is 35.4 Å². The van der Waals surface area contributed by atoms with E-state index >= 15 is 0 Å². The number of hydrogen-bond donors (Lipinski definition) is 0. The average Bonchev–Trinajstić information content (AvgIpc) is 2.05. The van der Waals surface area contributed by atoms with Crippen LogP contribution in [-0.2, 0) is 0 Å². The Morgan fingerprint density at radius 2 is 2.20 bits per heavy atom. The lowest BCUT2D eigenvalue weighted by molar-refractivity contribution is 1.11. The van der Waals surface area contributed by atoms with Gasteiger partial charge in [-0.1, -0.05) is 18.2 Å². The molecule has 1 heterocycles. The van der Waals surface area contributed by atoms with Gasteiger partial charge in [0.05, 0.1) is 10.7 Å². The minimum atomic E-state index is 1.01. The molecule has 2 heteroatoms. The second-order valence-electron chi connectivity index (χ2n) is 2.04. The summed E-state index contributed by atoms with van der Waals surface area (Å²) in [5, 5.41) is 7.35. The first-order valence-corrected chi connectivity index (χ1v) is 3.05. The van der Waals surface area contributed by atoms with E-state index in [0.29, 0.717) is 0 Å². The van der Waals surface area contributed by atoms with Gasteiger partial charge in [0.25, 0.3) is 6.21 Å². The Bertz CT molecular complexity index is 269. The maximum atomic E-state index is 3.71. The zero-order valence-corrected chi connectivity index (χ0v) is 5.28. The molecule has 1 aromatic carbocycles. The molecule has 46 valence electrons. The van der Waals surface area contributed by atoms with Crippen molar-refractivity contribution in [2.24, 2.45) is 5.10 Å². The van der Waals surface area contributed by atoms with E-state index in [9.17, 15) is 0 Å². The van der Waals surface area contributed by atoms with Gasteiger partial charge < -0.3 is 0 Å². The molecule has 0 bridgehead atoms. The molecule has 0 saturated carbocycles. The standard InChI is InChI=1S/C8H5N2/c1-2-4-8-6-10-9-5-7(8)3-1/h1-5H/q+1. The number of benzene rings is 1. The SMILES string of the molecule is [C]1=N[N+]=Cc2ccccc21. The Morgan fingerprint density at radius 3 is 3.10 bits per heavy atom. The van der Waals surface area contributed by atoms with Crippen LogP contribution in [-0.4, -0.2) is 12.4 Å². The summed E-state index contributed by atoms with van der Waals surface area (Å²) in [6.45, 7) is 0. The monoisotopic (exact) mass is 129 g/mol. The van der Waals surface area contributed by atoms with Crippen LogP contribution >= 0.6 is 0 Å². The van der Waals surface area contributed by atoms with E-state index in [0.717, 1.165) is 11.1 Å². The molecule has 0 aromatic heterocycles. The Kier molecular flexibility index (Phi) is 1.10. The number of rotatable bonds is 0. The van der Waals surface area contributed by atoms with E-state index in [4.69, 9.17) is 0 Å². The van der Waals surface area contributed by atoms with Crippen LogP contribution in [0.3, 0.4) is 0 Å². The normalized spacial score (nSPS) is 13.2. The fraction of sp³-hybridized carbons (Fsp3) is 0. The summed E-state index contributed by atoms with van der Waals surface area (Å²) in [6.07, 6.45) is 4.52. The van der Waals surface area contributed by atoms with Crippen LogP contribution in [0.15, 0.2) is 29.4 Å². The first-order valence-electron chi connectivity index (χ1n) is 3.05. The van der Waals surface area contributed by atoms with Crippen LogP contribution in [0.1, 0.15) is 11.1 Å². The third-order valence-electron chi connectivity index (χ3n) is 1.39. The smallest absolute Gasteiger partial charge is 0.0615 e. The van der Waals surface area contributed by atoms with Crippen LogP contribution < -0.4 is 5.10 Å². The average molecular weight is 129 g/mol. The van der Waals surface area contributed by atoms with Gasteiger partial charge >= 0.3 is 0 Å². The summed E-state index contributed by atoms with van der Waals surface area (Å²) >= 11 is 0. The zero-order chi connectivity index (χ0) is 6.81. The van der Waals surface area contributed by atoms with Gasteiger partial charge in [-0.25, -0.2) is 0 Å². The predicted molar refractivity (Wildman–Crippen MR) is 40.3 cm³/mol. The summed E-state index contributed by atoms with van der Waals surface area (Å²) in [4.78, 5) is 0. The first kappa shape index (κ1) is 5.35. The van der Waals surface area contributed by atoms with E-state index in [-0.39, 0.29) is 0 Å². The molecule has 1 aliphatic heterocycles. The van der Waals surface area contributed by atoms with E-state index in [1.165, 1.54) is 0 Å². The summed E-state index contributed by atoms with van der Waals surface area (Å²) in [6, 6.07) is 7.88. The molecule has 1 aromatic rings. The topological polar surface area (TPSA) is 26.5 Å². The summed E-state index contributed by atoms with van der Waals surface area (Å²) in [7, 11) is 0. The van der Waals surface area contributed by atoms with Gasteiger partial charge in [0, 0.05) is 5.56 Å². The van der Waals surface area contributed by atoms with Crippen molar-refractivity contribution in [2.75, 3.05) is 0 Å². The van der Waals surface area contributed by atoms with E-state index < -0.39 is 0 Å². The van der Waals surface area contributed by atoms with Crippen LogP contribution in [0, 0.1) is 0 Å². The van der Waals surface area contributed by atoms with Gasteiger partial charge in [-0.3, -0.25) is 0 Å². The highest BCUT2D eigenvalue weighted by molar-refractivity contribution is 5.95. The third kappa shape index (κ3) is 0.739. The van der Waals surface area contributed by atoms with Gasteiger partial charge in [-0.2, -0.15) is 0 Å². The molecule has 2 rings (SSSR count). The molecule has 0 N–H and O–H groups in total. The van der Waals surface area contributed by atoms with Crippen molar-refractivity contribution < 1.29 is 0 Å². The largest absolute Gasteiger partial charge is 0.285 e. The summed E-state index contributed by atoms with van der Waals surface area (Å²) < 4.78 is 0. The maximum Gasteiger partial charge on any atom is 0.285 e. The lowest BCUT2D eigenvalue weighted by Crippen LogP contribution is -1.99. The predicted octanol–water partition coefficient (Wildman–Crippen LogP) is 0.666. The van der Waals surface area contributed by atoms with E-state index in [1.54, 1.807) is 6.21 Å². The molecule has 0 atom stereocenters. The molecule has 2 nitrogen and oxygen atoms in total. The molecule has 0 unspecified atom stereocenters. The van der Waals surface area contributed by atoms with Crippen molar-refractivity contribution in [1.29, 1.82) is 0 Å². The number of fused-ring (bicyclic) bond motifs is 1. The lowest BCUT2D eigenvalue weighted by atomic mass is 10.1. The number of hydrogen-bond acceptors (Lipinski definition) is 2. The van der Waals surface area contributed by atoms with Gasteiger partial charge in [-0.05, 0) is 6.07 Å². The second kappa shape index (κ2) is 2.06. The Morgan fingerprint density at radius 1 is 1.30 bits per heavy atom. The van der Waals surface area contributed by atoms with Crippen molar-refractivity contribution in [3.63, 3.8) is 0 Å². The quantitative estimate of drug-likeness (QED) is 0.492. The minimum Gasteiger partial charge on any atom is -0.0615 e. The van der Waals surface area contributed by atoms with Gasteiger partial charge in [0.2, 0.25) is 5.10 Å². The van der Waals surface area contributed by atoms with Crippen molar-refractivity contribution in [2.45, 2.75) is 0 Å². The maximum absolute atomic E-state index is 3.71. The van der Waals surface area contributed by atoms with Crippen molar-refractivity contribution in [1.82, 2.24) is 5.10 Å². The van der Waals surface area contributed by atoms with E-state index in [1.807, 2.05) is 24.3 Å².